The highest BCUT2D eigenvalue weighted by atomic mass is 79.9. The van der Waals surface area contributed by atoms with Gasteiger partial charge in [0.1, 0.15) is 0 Å². The van der Waals surface area contributed by atoms with Crippen molar-refractivity contribution in [1.29, 1.82) is 0 Å². The molecule has 1 heterocycles. The fourth-order valence-electron chi connectivity index (χ4n) is 1.44. The van der Waals surface area contributed by atoms with Crippen molar-refractivity contribution in [3.63, 3.8) is 0 Å². The molecular formula is C10H8BrFO2. The van der Waals surface area contributed by atoms with Crippen LogP contribution in [0.4, 0.5) is 4.39 Å². The number of hydrogen-bond donors (Lipinski definition) is 0. The van der Waals surface area contributed by atoms with E-state index in [0.29, 0.717) is 10.0 Å². The summed E-state index contributed by atoms with van der Waals surface area (Å²) in [6.45, 7) is 2.02. The Morgan fingerprint density at radius 1 is 1.57 bits per heavy atom. The standard InChI is InChI=1S/C10H8BrFO2/c1-5-4-14-10-7(9(5)13)2-6(11)3-8(10)12/h2-3,5H,4H2,1H3. The Kier molecular flexibility index (Phi) is 2.31. The van der Waals surface area contributed by atoms with Crippen LogP contribution in [0.2, 0.25) is 0 Å². The molecule has 14 heavy (non-hydrogen) atoms. The third-order valence-electron chi connectivity index (χ3n) is 2.20. The number of fused-ring (bicyclic) bond motifs is 1. The SMILES string of the molecule is CC1COc2c(F)cc(Br)cc2C1=O. The van der Waals surface area contributed by atoms with Gasteiger partial charge in [0, 0.05) is 4.47 Å². The average Bonchev–Trinajstić information content (AvgIpc) is 2.12. The second-order valence-corrected chi connectivity index (χ2v) is 4.26. The van der Waals surface area contributed by atoms with E-state index in [0.717, 1.165) is 0 Å². The van der Waals surface area contributed by atoms with E-state index in [1.807, 2.05) is 0 Å². The van der Waals surface area contributed by atoms with Crippen molar-refractivity contribution < 1.29 is 13.9 Å². The minimum Gasteiger partial charge on any atom is -0.489 e. The number of ether oxygens (including phenoxy) is 1. The van der Waals surface area contributed by atoms with Crippen LogP contribution in [0, 0.1) is 11.7 Å². The molecule has 0 fully saturated rings. The predicted octanol–water partition coefficient (Wildman–Crippen LogP) is 2.80. The van der Waals surface area contributed by atoms with Gasteiger partial charge in [0.25, 0.3) is 0 Å². The molecule has 1 unspecified atom stereocenters. The van der Waals surface area contributed by atoms with Crippen LogP contribution in [0.15, 0.2) is 16.6 Å². The summed E-state index contributed by atoms with van der Waals surface area (Å²) in [6.07, 6.45) is 0. The molecule has 1 aliphatic rings. The van der Waals surface area contributed by atoms with Gasteiger partial charge in [-0.1, -0.05) is 22.9 Å². The molecule has 1 aromatic carbocycles. The summed E-state index contributed by atoms with van der Waals surface area (Å²) < 4.78 is 19.1. The van der Waals surface area contributed by atoms with Crippen molar-refractivity contribution in [1.82, 2.24) is 0 Å². The van der Waals surface area contributed by atoms with E-state index in [4.69, 9.17) is 4.74 Å². The monoisotopic (exact) mass is 258 g/mol. The number of Topliss-reactive ketones (excluding diaryl/α,β-unsaturated/α-hetero) is 1. The maximum absolute atomic E-state index is 13.3. The highest BCUT2D eigenvalue weighted by Crippen LogP contribution is 2.32. The smallest absolute Gasteiger partial charge is 0.172 e. The average molecular weight is 259 g/mol. The third-order valence-corrected chi connectivity index (χ3v) is 2.66. The van der Waals surface area contributed by atoms with E-state index in [1.165, 1.54) is 6.07 Å². The lowest BCUT2D eigenvalue weighted by Gasteiger charge is -2.21. The van der Waals surface area contributed by atoms with Gasteiger partial charge in [0.05, 0.1) is 18.1 Å². The molecular weight excluding hydrogens is 251 g/mol. The van der Waals surface area contributed by atoms with E-state index in [9.17, 15) is 9.18 Å². The molecule has 0 spiro atoms. The topological polar surface area (TPSA) is 26.3 Å². The van der Waals surface area contributed by atoms with Crippen LogP contribution in [-0.2, 0) is 0 Å². The van der Waals surface area contributed by atoms with Crippen molar-refractivity contribution in [3.8, 4) is 5.75 Å². The van der Waals surface area contributed by atoms with Crippen LogP contribution in [0.25, 0.3) is 0 Å². The van der Waals surface area contributed by atoms with Gasteiger partial charge in [-0.3, -0.25) is 4.79 Å². The van der Waals surface area contributed by atoms with Crippen molar-refractivity contribution in [2.75, 3.05) is 6.61 Å². The molecule has 0 saturated heterocycles. The van der Waals surface area contributed by atoms with Gasteiger partial charge in [0.15, 0.2) is 17.3 Å². The van der Waals surface area contributed by atoms with E-state index >= 15 is 0 Å². The highest BCUT2D eigenvalue weighted by molar-refractivity contribution is 9.10. The number of rotatable bonds is 0. The van der Waals surface area contributed by atoms with Crippen molar-refractivity contribution in [2.24, 2.45) is 5.92 Å². The Bertz CT molecular complexity index is 403. The molecule has 74 valence electrons. The largest absolute Gasteiger partial charge is 0.489 e. The molecule has 1 atom stereocenters. The van der Waals surface area contributed by atoms with E-state index in [-0.39, 0.29) is 24.1 Å². The first-order chi connectivity index (χ1) is 6.59. The Hall–Kier alpha value is -0.900. The summed E-state index contributed by atoms with van der Waals surface area (Å²) >= 11 is 3.14. The van der Waals surface area contributed by atoms with Crippen LogP contribution in [0.5, 0.6) is 5.75 Å². The summed E-state index contributed by atoms with van der Waals surface area (Å²) in [5.74, 6) is -0.673. The summed E-state index contributed by atoms with van der Waals surface area (Å²) in [7, 11) is 0. The fraction of sp³-hybridized carbons (Fsp3) is 0.300. The molecule has 0 aliphatic carbocycles. The summed E-state index contributed by atoms with van der Waals surface area (Å²) in [6, 6.07) is 2.89. The lowest BCUT2D eigenvalue weighted by atomic mass is 9.97. The van der Waals surface area contributed by atoms with Gasteiger partial charge in [-0.05, 0) is 12.1 Å². The van der Waals surface area contributed by atoms with Crippen LogP contribution < -0.4 is 4.74 Å². The zero-order chi connectivity index (χ0) is 10.3. The molecule has 0 radical (unpaired) electrons. The van der Waals surface area contributed by atoms with Crippen LogP contribution in [0.3, 0.4) is 0 Å². The van der Waals surface area contributed by atoms with Crippen LogP contribution >= 0.6 is 15.9 Å². The summed E-state index contributed by atoms with van der Waals surface area (Å²) in [4.78, 5) is 11.7. The molecule has 0 amide bonds. The number of carbonyl (C=O) groups is 1. The molecule has 2 rings (SSSR count). The van der Waals surface area contributed by atoms with Gasteiger partial charge in [0.2, 0.25) is 0 Å². The molecule has 2 nitrogen and oxygen atoms in total. The Morgan fingerprint density at radius 2 is 2.29 bits per heavy atom. The minimum atomic E-state index is -0.491. The lowest BCUT2D eigenvalue weighted by molar-refractivity contribution is 0.0842. The Balaban J connectivity index is 2.60. The van der Waals surface area contributed by atoms with Gasteiger partial charge in [-0.15, -0.1) is 0 Å². The van der Waals surface area contributed by atoms with Gasteiger partial charge in [-0.25, -0.2) is 4.39 Å². The Labute approximate surface area is 89.2 Å². The first-order valence-corrected chi connectivity index (χ1v) is 5.05. The van der Waals surface area contributed by atoms with Crippen LogP contribution in [-0.4, -0.2) is 12.4 Å². The number of hydrogen-bond acceptors (Lipinski definition) is 2. The molecule has 0 aromatic heterocycles. The first kappa shape index (κ1) is 9.65. The highest BCUT2D eigenvalue weighted by Gasteiger charge is 2.27. The van der Waals surface area contributed by atoms with Gasteiger partial charge < -0.3 is 4.74 Å². The van der Waals surface area contributed by atoms with E-state index in [2.05, 4.69) is 15.9 Å². The van der Waals surface area contributed by atoms with Crippen molar-refractivity contribution >= 4 is 21.7 Å². The van der Waals surface area contributed by atoms with Gasteiger partial charge in [-0.2, -0.15) is 0 Å². The number of halogens is 2. The molecule has 0 N–H and O–H groups in total. The molecule has 0 saturated carbocycles. The predicted molar refractivity (Wildman–Crippen MR) is 53.1 cm³/mol. The number of benzene rings is 1. The number of ketones is 1. The molecule has 0 bridgehead atoms. The normalized spacial score (nSPS) is 20.2. The van der Waals surface area contributed by atoms with Gasteiger partial charge >= 0.3 is 0 Å². The second kappa shape index (κ2) is 3.35. The quantitative estimate of drug-likeness (QED) is 0.716. The van der Waals surface area contributed by atoms with Crippen molar-refractivity contribution in [3.05, 3.63) is 28.0 Å². The zero-order valence-electron chi connectivity index (χ0n) is 7.51. The lowest BCUT2D eigenvalue weighted by Crippen LogP contribution is -2.25. The zero-order valence-corrected chi connectivity index (χ0v) is 9.10. The maximum atomic E-state index is 13.3. The first-order valence-electron chi connectivity index (χ1n) is 4.25. The second-order valence-electron chi connectivity index (χ2n) is 3.34. The summed E-state index contributed by atoms with van der Waals surface area (Å²) in [5, 5.41) is 0. The molecule has 4 heteroatoms. The summed E-state index contributed by atoms with van der Waals surface area (Å²) in [5.41, 5.74) is 0.329. The Morgan fingerprint density at radius 3 is 3.00 bits per heavy atom. The van der Waals surface area contributed by atoms with E-state index < -0.39 is 5.82 Å². The van der Waals surface area contributed by atoms with Crippen molar-refractivity contribution in [2.45, 2.75) is 6.92 Å². The number of carbonyl (C=O) groups excluding carboxylic acids is 1. The third kappa shape index (κ3) is 1.43. The molecule has 1 aliphatic heterocycles. The minimum absolute atomic E-state index is 0.0635. The molecule has 1 aromatic rings. The fourth-order valence-corrected chi connectivity index (χ4v) is 1.87. The van der Waals surface area contributed by atoms with Crippen LogP contribution in [0.1, 0.15) is 17.3 Å². The van der Waals surface area contributed by atoms with E-state index in [1.54, 1.807) is 13.0 Å². The maximum Gasteiger partial charge on any atom is 0.172 e.